The van der Waals surface area contributed by atoms with Crippen molar-refractivity contribution in [3.63, 3.8) is 0 Å². The normalized spacial score (nSPS) is 12.9. The lowest BCUT2D eigenvalue weighted by Crippen LogP contribution is -2.20. The summed E-state index contributed by atoms with van der Waals surface area (Å²) in [6, 6.07) is 3.41. The van der Waals surface area contributed by atoms with Crippen molar-refractivity contribution >= 4 is 0 Å². The molecule has 0 aliphatic heterocycles. The van der Waals surface area contributed by atoms with Gasteiger partial charge in [0.2, 0.25) is 0 Å². The van der Waals surface area contributed by atoms with Crippen molar-refractivity contribution < 1.29 is 13.9 Å². The van der Waals surface area contributed by atoms with Crippen LogP contribution in [0.5, 0.6) is 0 Å². The zero-order valence-corrected chi connectivity index (χ0v) is 7.71. The van der Waals surface area contributed by atoms with E-state index >= 15 is 0 Å². The molecule has 4 heteroatoms. The van der Waals surface area contributed by atoms with Crippen molar-refractivity contribution in [2.75, 3.05) is 13.2 Å². The number of aliphatic hydroxyl groups is 1. The first kappa shape index (κ1) is 11.1. The Hall–Kier alpha value is -1.00. The van der Waals surface area contributed by atoms with Crippen molar-refractivity contribution in [1.29, 1.82) is 0 Å². The molecule has 0 saturated carbocycles. The first-order valence-electron chi connectivity index (χ1n) is 4.42. The molecule has 0 heterocycles. The smallest absolute Gasteiger partial charge is 0.129 e. The monoisotopic (exact) mass is 201 g/mol. The van der Waals surface area contributed by atoms with Crippen LogP contribution in [-0.2, 0) is 6.42 Å². The van der Waals surface area contributed by atoms with E-state index in [9.17, 15) is 8.78 Å². The Kier molecular flexibility index (Phi) is 3.98. The molecule has 3 N–H and O–H groups in total. The van der Waals surface area contributed by atoms with E-state index in [4.69, 9.17) is 10.8 Å². The van der Waals surface area contributed by atoms with Crippen LogP contribution >= 0.6 is 0 Å². The van der Waals surface area contributed by atoms with Gasteiger partial charge >= 0.3 is 0 Å². The Morgan fingerprint density at radius 3 is 2.57 bits per heavy atom. The lowest BCUT2D eigenvalue weighted by atomic mass is 10.00. The van der Waals surface area contributed by atoms with Crippen molar-refractivity contribution in [3.05, 3.63) is 35.4 Å². The van der Waals surface area contributed by atoms with Gasteiger partial charge < -0.3 is 10.8 Å². The molecule has 1 aromatic rings. The fourth-order valence-electron chi connectivity index (χ4n) is 1.22. The molecule has 14 heavy (non-hydrogen) atoms. The Bertz CT molecular complexity index is 300. The van der Waals surface area contributed by atoms with Crippen LogP contribution in [0.4, 0.5) is 8.78 Å². The van der Waals surface area contributed by atoms with Gasteiger partial charge in [0.15, 0.2) is 0 Å². The summed E-state index contributed by atoms with van der Waals surface area (Å²) in [5.74, 6) is -1.36. The third kappa shape index (κ3) is 2.75. The summed E-state index contributed by atoms with van der Waals surface area (Å²) in [6.07, 6.45) is 0.332. The van der Waals surface area contributed by atoms with E-state index in [1.165, 1.54) is 12.1 Å². The molecule has 0 aliphatic rings. The number of rotatable bonds is 4. The molecule has 0 aromatic heterocycles. The summed E-state index contributed by atoms with van der Waals surface area (Å²) in [5, 5.41) is 8.86. The quantitative estimate of drug-likeness (QED) is 0.765. The minimum atomic E-state index is -0.598. The van der Waals surface area contributed by atoms with Gasteiger partial charge in [-0.2, -0.15) is 0 Å². The van der Waals surface area contributed by atoms with Crippen LogP contribution in [0.3, 0.4) is 0 Å². The third-order valence-electron chi connectivity index (χ3n) is 2.12. The highest BCUT2D eigenvalue weighted by molar-refractivity contribution is 5.19. The van der Waals surface area contributed by atoms with E-state index in [0.717, 1.165) is 6.07 Å². The summed E-state index contributed by atoms with van der Waals surface area (Å²) in [7, 11) is 0. The summed E-state index contributed by atoms with van der Waals surface area (Å²) in [5.41, 5.74) is 5.74. The molecule has 78 valence electrons. The number of aliphatic hydroxyl groups excluding tert-OH is 1. The summed E-state index contributed by atoms with van der Waals surface area (Å²) in [6.45, 7) is 0.195. The lowest BCUT2D eigenvalue weighted by Gasteiger charge is -2.11. The van der Waals surface area contributed by atoms with E-state index in [1.54, 1.807) is 0 Å². The highest BCUT2D eigenvalue weighted by atomic mass is 19.1. The maximum absolute atomic E-state index is 13.1. The van der Waals surface area contributed by atoms with Crippen molar-refractivity contribution in [2.45, 2.75) is 6.42 Å². The van der Waals surface area contributed by atoms with Crippen LogP contribution in [0, 0.1) is 17.6 Å². The average molecular weight is 201 g/mol. The molecule has 0 spiro atoms. The topological polar surface area (TPSA) is 46.2 Å². The number of nitrogens with two attached hydrogens (primary N) is 1. The highest BCUT2D eigenvalue weighted by Gasteiger charge is 2.10. The van der Waals surface area contributed by atoms with E-state index in [0.29, 0.717) is 12.0 Å². The standard InChI is InChI=1S/C10H13F2NO/c11-9-2-1-8(10(12)4-9)3-7(5-13)6-14/h1-2,4,7,14H,3,5-6,13H2/t7-/m1/s1. The molecule has 0 amide bonds. The molecule has 0 bridgehead atoms. The van der Waals surface area contributed by atoms with E-state index in [1.807, 2.05) is 0 Å². The van der Waals surface area contributed by atoms with Gasteiger partial charge in [0.05, 0.1) is 0 Å². The largest absolute Gasteiger partial charge is 0.396 e. The second-order valence-corrected chi connectivity index (χ2v) is 3.22. The van der Waals surface area contributed by atoms with Gasteiger partial charge in [-0.15, -0.1) is 0 Å². The first-order chi connectivity index (χ1) is 6.67. The zero-order chi connectivity index (χ0) is 10.6. The zero-order valence-electron chi connectivity index (χ0n) is 7.71. The molecule has 0 aliphatic carbocycles. The number of halogens is 2. The van der Waals surface area contributed by atoms with Gasteiger partial charge in [0.25, 0.3) is 0 Å². The molecular formula is C10H13F2NO. The van der Waals surface area contributed by atoms with Gasteiger partial charge in [-0.3, -0.25) is 0 Å². The Labute approximate surface area is 81.4 Å². The van der Waals surface area contributed by atoms with Crippen LogP contribution in [0.2, 0.25) is 0 Å². The maximum atomic E-state index is 13.1. The maximum Gasteiger partial charge on any atom is 0.129 e. The van der Waals surface area contributed by atoms with Crippen molar-refractivity contribution in [2.24, 2.45) is 11.7 Å². The van der Waals surface area contributed by atoms with E-state index in [-0.39, 0.29) is 19.1 Å². The van der Waals surface area contributed by atoms with E-state index in [2.05, 4.69) is 0 Å². The van der Waals surface area contributed by atoms with Crippen LogP contribution in [-0.4, -0.2) is 18.3 Å². The first-order valence-corrected chi connectivity index (χ1v) is 4.42. The van der Waals surface area contributed by atoms with Crippen LogP contribution in [0.25, 0.3) is 0 Å². The molecular weight excluding hydrogens is 188 g/mol. The van der Waals surface area contributed by atoms with Gasteiger partial charge in [-0.1, -0.05) is 6.07 Å². The molecule has 0 radical (unpaired) electrons. The third-order valence-corrected chi connectivity index (χ3v) is 2.12. The number of benzene rings is 1. The SMILES string of the molecule is NC[C@H](CO)Cc1ccc(F)cc1F. The fourth-order valence-corrected chi connectivity index (χ4v) is 1.22. The fraction of sp³-hybridized carbons (Fsp3) is 0.400. The number of hydrogen-bond acceptors (Lipinski definition) is 2. The predicted molar refractivity (Wildman–Crippen MR) is 49.7 cm³/mol. The summed E-state index contributed by atoms with van der Waals surface area (Å²) < 4.78 is 25.7. The lowest BCUT2D eigenvalue weighted by molar-refractivity contribution is 0.229. The molecule has 2 nitrogen and oxygen atoms in total. The average Bonchev–Trinajstić information content (AvgIpc) is 2.17. The Morgan fingerprint density at radius 1 is 1.36 bits per heavy atom. The minimum Gasteiger partial charge on any atom is -0.396 e. The Balaban J connectivity index is 2.76. The second kappa shape index (κ2) is 5.02. The van der Waals surface area contributed by atoms with Gasteiger partial charge in [0, 0.05) is 12.7 Å². The van der Waals surface area contributed by atoms with Crippen molar-refractivity contribution in [3.8, 4) is 0 Å². The van der Waals surface area contributed by atoms with Crippen LogP contribution < -0.4 is 5.73 Å². The number of hydrogen-bond donors (Lipinski definition) is 2. The van der Waals surface area contributed by atoms with Gasteiger partial charge in [0.1, 0.15) is 11.6 Å². The molecule has 1 rings (SSSR count). The second-order valence-electron chi connectivity index (χ2n) is 3.22. The molecule has 1 atom stereocenters. The summed E-state index contributed by atoms with van der Waals surface area (Å²) in [4.78, 5) is 0. The van der Waals surface area contributed by atoms with Gasteiger partial charge in [-0.25, -0.2) is 8.78 Å². The molecule has 1 aromatic carbocycles. The Morgan fingerprint density at radius 2 is 2.07 bits per heavy atom. The highest BCUT2D eigenvalue weighted by Crippen LogP contribution is 2.13. The van der Waals surface area contributed by atoms with Crippen LogP contribution in [0.15, 0.2) is 18.2 Å². The molecule has 0 unspecified atom stereocenters. The molecule has 0 fully saturated rings. The van der Waals surface area contributed by atoms with Gasteiger partial charge in [-0.05, 0) is 30.5 Å². The van der Waals surface area contributed by atoms with E-state index < -0.39 is 11.6 Å². The summed E-state index contributed by atoms with van der Waals surface area (Å²) >= 11 is 0. The predicted octanol–water partition coefficient (Wildman–Crippen LogP) is 1.07. The molecule has 0 saturated heterocycles. The van der Waals surface area contributed by atoms with Crippen LogP contribution in [0.1, 0.15) is 5.56 Å². The van der Waals surface area contributed by atoms with Crippen molar-refractivity contribution in [1.82, 2.24) is 0 Å². The minimum absolute atomic E-state index is 0.0900.